The van der Waals surface area contributed by atoms with Crippen LogP contribution in [0.3, 0.4) is 0 Å². The highest BCUT2D eigenvalue weighted by Gasteiger charge is 2.36. The first-order valence-corrected chi connectivity index (χ1v) is 7.74. The molecule has 5 heteroatoms. The zero-order valence-electron chi connectivity index (χ0n) is 13.0. The molecule has 0 radical (unpaired) electrons. The highest BCUT2D eigenvalue weighted by atomic mass is 16.5. The van der Waals surface area contributed by atoms with Gasteiger partial charge in [0.05, 0.1) is 5.92 Å². The molecule has 0 spiro atoms. The largest absolute Gasteiger partial charge is 0.481 e. The van der Waals surface area contributed by atoms with Crippen LogP contribution in [-0.2, 0) is 16.0 Å². The van der Waals surface area contributed by atoms with Crippen LogP contribution in [0.4, 0.5) is 0 Å². The Balaban J connectivity index is 1.71. The van der Waals surface area contributed by atoms with Crippen LogP contribution in [0.1, 0.15) is 29.5 Å². The fourth-order valence-corrected chi connectivity index (χ4v) is 3.23. The molecule has 2 heterocycles. The molecule has 2 unspecified atom stereocenters. The minimum absolute atomic E-state index is 0.0857. The number of benzene rings is 1. The Kier molecular flexibility index (Phi) is 3.81. The second-order valence-electron chi connectivity index (χ2n) is 6.32. The molecule has 1 amide bonds. The zero-order chi connectivity index (χ0) is 15.9. The number of rotatable bonds is 2. The molecule has 1 saturated heterocycles. The molecule has 0 aliphatic carbocycles. The Labute approximate surface area is 129 Å². The van der Waals surface area contributed by atoms with Crippen molar-refractivity contribution in [3.05, 3.63) is 28.8 Å². The summed E-state index contributed by atoms with van der Waals surface area (Å²) in [5.41, 5.74) is 3.41. The molecular weight excluding hydrogens is 282 g/mol. The third-order valence-corrected chi connectivity index (χ3v) is 4.71. The fraction of sp³-hybridized carbons (Fsp3) is 0.529. The molecule has 3 rings (SSSR count). The maximum atomic E-state index is 12.6. The van der Waals surface area contributed by atoms with Crippen LogP contribution < -0.4 is 4.74 Å². The summed E-state index contributed by atoms with van der Waals surface area (Å²) in [4.78, 5) is 25.4. The standard InChI is InChI=1S/C17H21NO4/c1-10-6-13-8-15(22-14(13)7-11(10)2)16(19)18-5-3-4-12(9-18)17(20)21/h6-7,12,15H,3-5,8-9H2,1-2H3,(H,20,21). The topological polar surface area (TPSA) is 66.8 Å². The predicted molar refractivity (Wildman–Crippen MR) is 81.0 cm³/mol. The summed E-state index contributed by atoms with van der Waals surface area (Å²) in [6.45, 7) is 4.99. The van der Waals surface area contributed by atoms with E-state index in [0.29, 0.717) is 25.9 Å². The third kappa shape index (κ3) is 2.67. The number of carboxylic acids is 1. The molecule has 0 bridgehead atoms. The number of hydrogen-bond donors (Lipinski definition) is 1. The molecular formula is C17H21NO4. The predicted octanol–water partition coefficient (Wildman–Crippen LogP) is 1.93. The van der Waals surface area contributed by atoms with Gasteiger partial charge in [-0.15, -0.1) is 0 Å². The number of ether oxygens (including phenoxy) is 1. The summed E-state index contributed by atoms with van der Waals surface area (Å²) in [5.74, 6) is -0.573. The first-order chi connectivity index (χ1) is 10.5. The minimum Gasteiger partial charge on any atom is -0.481 e. The first-order valence-electron chi connectivity index (χ1n) is 7.74. The van der Waals surface area contributed by atoms with Gasteiger partial charge in [0.25, 0.3) is 5.91 Å². The van der Waals surface area contributed by atoms with Crippen LogP contribution in [0.2, 0.25) is 0 Å². The van der Waals surface area contributed by atoms with Crippen molar-refractivity contribution in [2.24, 2.45) is 5.92 Å². The lowest BCUT2D eigenvalue weighted by atomic mass is 9.97. The molecule has 5 nitrogen and oxygen atoms in total. The number of amides is 1. The molecule has 1 aromatic carbocycles. The lowest BCUT2D eigenvalue weighted by molar-refractivity contribution is -0.147. The van der Waals surface area contributed by atoms with Crippen LogP contribution >= 0.6 is 0 Å². The monoisotopic (exact) mass is 303 g/mol. The number of hydrogen-bond acceptors (Lipinski definition) is 3. The smallest absolute Gasteiger partial charge is 0.308 e. The molecule has 118 valence electrons. The normalized spacial score (nSPS) is 23.8. The van der Waals surface area contributed by atoms with Gasteiger partial charge >= 0.3 is 5.97 Å². The van der Waals surface area contributed by atoms with Crippen LogP contribution in [0.5, 0.6) is 5.75 Å². The molecule has 0 aromatic heterocycles. The molecule has 22 heavy (non-hydrogen) atoms. The Morgan fingerprint density at radius 2 is 2.00 bits per heavy atom. The average molecular weight is 303 g/mol. The van der Waals surface area contributed by atoms with E-state index in [9.17, 15) is 9.59 Å². The van der Waals surface area contributed by atoms with E-state index in [1.54, 1.807) is 4.90 Å². The number of carboxylic acid groups (broad SMARTS) is 1. The Bertz CT molecular complexity index is 594. The Hall–Kier alpha value is -2.04. The Morgan fingerprint density at radius 1 is 1.27 bits per heavy atom. The van der Waals surface area contributed by atoms with Gasteiger partial charge in [-0.3, -0.25) is 9.59 Å². The summed E-state index contributed by atoms with van der Waals surface area (Å²) >= 11 is 0. The van der Waals surface area contributed by atoms with Crippen LogP contribution in [-0.4, -0.2) is 41.1 Å². The van der Waals surface area contributed by atoms with Crippen LogP contribution in [0, 0.1) is 19.8 Å². The van der Waals surface area contributed by atoms with Gasteiger partial charge in [-0.2, -0.15) is 0 Å². The molecule has 2 aliphatic rings. The summed E-state index contributed by atoms with van der Waals surface area (Å²) < 4.78 is 5.81. The second kappa shape index (κ2) is 5.63. The van der Waals surface area contributed by atoms with E-state index in [4.69, 9.17) is 9.84 Å². The zero-order valence-corrected chi connectivity index (χ0v) is 13.0. The number of carbonyl (C=O) groups is 2. The van der Waals surface area contributed by atoms with Gasteiger partial charge < -0.3 is 14.7 Å². The maximum absolute atomic E-state index is 12.6. The number of aryl methyl sites for hydroxylation is 2. The van der Waals surface area contributed by atoms with E-state index in [0.717, 1.165) is 23.3 Å². The number of carbonyl (C=O) groups excluding carboxylic acids is 1. The summed E-state index contributed by atoms with van der Waals surface area (Å²) in [7, 11) is 0. The lowest BCUT2D eigenvalue weighted by Gasteiger charge is -2.32. The quantitative estimate of drug-likeness (QED) is 0.906. The molecule has 1 fully saturated rings. The summed E-state index contributed by atoms with van der Waals surface area (Å²) in [5, 5.41) is 9.14. The van der Waals surface area contributed by atoms with E-state index >= 15 is 0 Å². The van der Waals surface area contributed by atoms with Crippen molar-refractivity contribution >= 4 is 11.9 Å². The maximum Gasteiger partial charge on any atom is 0.308 e. The number of fused-ring (bicyclic) bond motifs is 1. The van der Waals surface area contributed by atoms with Gasteiger partial charge in [-0.05, 0) is 49.4 Å². The first kappa shape index (κ1) is 14.9. The van der Waals surface area contributed by atoms with Crippen molar-refractivity contribution in [1.29, 1.82) is 0 Å². The summed E-state index contributed by atoms with van der Waals surface area (Å²) in [6, 6.07) is 4.06. The lowest BCUT2D eigenvalue weighted by Crippen LogP contribution is -2.47. The van der Waals surface area contributed by atoms with E-state index in [2.05, 4.69) is 6.07 Å². The Morgan fingerprint density at radius 3 is 2.73 bits per heavy atom. The van der Waals surface area contributed by atoms with Crippen molar-refractivity contribution in [1.82, 2.24) is 4.90 Å². The molecule has 1 aromatic rings. The fourth-order valence-electron chi connectivity index (χ4n) is 3.23. The van der Waals surface area contributed by atoms with Gasteiger partial charge in [0.15, 0.2) is 6.10 Å². The number of aliphatic carboxylic acids is 1. The molecule has 2 atom stereocenters. The van der Waals surface area contributed by atoms with Crippen molar-refractivity contribution in [2.45, 2.75) is 39.2 Å². The average Bonchev–Trinajstić information content (AvgIpc) is 2.89. The van der Waals surface area contributed by atoms with Gasteiger partial charge in [-0.25, -0.2) is 0 Å². The van der Waals surface area contributed by atoms with Crippen molar-refractivity contribution in [2.75, 3.05) is 13.1 Å². The molecule has 1 N–H and O–H groups in total. The van der Waals surface area contributed by atoms with E-state index < -0.39 is 18.0 Å². The number of piperidine rings is 1. The summed E-state index contributed by atoms with van der Waals surface area (Å²) in [6.07, 6.45) is 1.44. The molecule has 0 saturated carbocycles. The molecule has 2 aliphatic heterocycles. The van der Waals surface area contributed by atoms with E-state index in [1.807, 2.05) is 19.9 Å². The van der Waals surface area contributed by atoms with Gasteiger partial charge in [0.2, 0.25) is 0 Å². The van der Waals surface area contributed by atoms with Crippen molar-refractivity contribution < 1.29 is 19.4 Å². The van der Waals surface area contributed by atoms with Crippen molar-refractivity contribution in [3.63, 3.8) is 0 Å². The second-order valence-corrected chi connectivity index (χ2v) is 6.32. The van der Waals surface area contributed by atoms with Crippen molar-refractivity contribution in [3.8, 4) is 5.75 Å². The van der Waals surface area contributed by atoms with Gasteiger partial charge in [0, 0.05) is 19.5 Å². The van der Waals surface area contributed by atoms with E-state index in [-0.39, 0.29) is 5.91 Å². The SMILES string of the molecule is Cc1cc2c(cc1C)OC(C(=O)N1CCCC(C(=O)O)C1)C2. The van der Waals surface area contributed by atoms with Gasteiger partial charge in [-0.1, -0.05) is 6.07 Å². The highest BCUT2D eigenvalue weighted by Crippen LogP contribution is 2.32. The number of likely N-dealkylation sites (tertiary alicyclic amines) is 1. The van der Waals surface area contributed by atoms with Gasteiger partial charge in [0.1, 0.15) is 5.75 Å². The van der Waals surface area contributed by atoms with E-state index in [1.165, 1.54) is 5.56 Å². The highest BCUT2D eigenvalue weighted by molar-refractivity contribution is 5.83. The minimum atomic E-state index is -0.820. The third-order valence-electron chi connectivity index (χ3n) is 4.71. The number of nitrogens with zero attached hydrogens (tertiary/aromatic N) is 1. The van der Waals surface area contributed by atoms with Crippen LogP contribution in [0.25, 0.3) is 0 Å². The van der Waals surface area contributed by atoms with Crippen LogP contribution in [0.15, 0.2) is 12.1 Å².